The van der Waals surface area contributed by atoms with Crippen molar-refractivity contribution in [2.75, 3.05) is 5.32 Å². The first kappa shape index (κ1) is 13.4. The fourth-order valence-electron chi connectivity index (χ4n) is 2.84. The molecule has 0 fully saturated rings. The molecule has 1 N–H and O–H groups in total. The zero-order valence-corrected chi connectivity index (χ0v) is 12.7. The van der Waals surface area contributed by atoms with Gasteiger partial charge in [0.2, 0.25) is 5.91 Å². The summed E-state index contributed by atoms with van der Waals surface area (Å²) in [5.74, 6) is 0.437. The fraction of sp³-hybridized carbons (Fsp3) is 0.235. The molecular formula is C17H16BrNO. The van der Waals surface area contributed by atoms with Gasteiger partial charge in [-0.05, 0) is 57.9 Å². The van der Waals surface area contributed by atoms with Gasteiger partial charge in [0, 0.05) is 10.9 Å². The van der Waals surface area contributed by atoms with Crippen molar-refractivity contribution < 1.29 is 4.79 Å². The Labute approximate surface area is 127 Å². The zero-order chi connectivity index (χ0) is 13.9. The lowest BCUT2D eigenvalue weighted by Gasteiger charge is -2.12. The van der Waals surface area contributed by atoms with Gasteiger partial charge in [0.05, 0.1) is 5.69 Å². The first-order valence-electron chi connectivity index (χ1n) is 6.86. The van der Waals surface area contributed by atoms with E-state index in [1.807, 2.05) is 24.3 Å². The molecule has 2 aromatic rings. The van der Waals surface area contributed by atoms with E-state index in [1.165, 1.54) is 11.1 Å². The number of anilines is 1. The molecule has 0 aromatic heterocycles. The highest BCUT2D eigenvalue weighted by atomic mass is 79.9. The molecule has 1 aliphatic rings. The average molecular weight is 330 g/mol. The number of benzene rings is 2. The van der Waals surface area contributed by atoms with Crippen molar-refractivity contribution in [3.63, 3.8) is 0 Å². The van der Waals surface area contributed by atoms with Crippen LogP contribution in [0.1, 0.15) is 29.9 Å². The highest BCUT2D eigenvalue weighted by Crippen LogP contribution is 2.35. The summed E-state index contributed by atoms with van der Waals surface area (Å²) in [5, 5.41) is 2.98. The standard InChI is InChI=1S/C17H16BrNO/c18-15-7-3-4-8-16(15)19-17(20)11-13-10-9-12-5-1-2-6-14(12)13/h1-8,13H,9-11H2,(H,19,20). The molecule has 0 spiro atoms. The number of amides is 1. The maximum atomic E-state index is 12.2. The summed E-state index contributed by atoms with van der Waals surface area (Å²) in [5.41, 5.74) is 3.57. The predicted molar refractivity (Wildman–Crippen MR) is 84.9 cm³/mol. The van der Waals surface area contributed by atoms with Crippen LogP contribution in [0.5, 0.6) is 0 Å². The van der Waals surface area contributed by atoms with E-state index in [1.54, 1.807) is 0 Å². The van der Waals surface area contributed by atoms with E-state index in [-0.39, 0.29) is 5.91 Å². The van der Waals surface area contributed by atoms with Crippen LogP contribution in [-0.2, 0) is 11.2 Å². The quantitative estimate of drug-likeness (QED) is 0.882. The Balaban J connectivity index is 1.68. The lowest BCUT2D eigenvalue weighted by atomic mass is 9.97. The molecule has 1 aliphatic carbocycles. The van der Waals surface area contributed by atoms with Crippen LogP contribution >= 0.6 is 15.9 Å². The first-order chi connectivity index (χ1) is 9.74. The summed E-state index contributed by atoms with van der Waals surface area (Å²) < 4.78 is 0.917. The summed E-state index contributed by atoms with van der Waals surface area (Å²) in [7, 11) is 0. The molecule has 3 heteroatoms. The Hall–Kier alpha value is -1.61. The smallest absolute Gasteiger partial charge is 0.225 e. The van der Waals surface area contributed by atoms with Crippen molar-refractivity contribution >= 4 is 27.5 Å². The fourth-order valence-corrected chi connectivity index (χ4v) is 3.23. The van der Waals surface area contributed by atoms with Crippen LogP contribution in [-0.4, -0.2) is 5.91 Å². The number of carbonyl (C=O) groups excluding carboxylic acids is 1. The number of fused-ring (bicyclic) bond motifs is 1. The van der Waals surface area contributed by atoms with Crippen molar-refractivity contribution in [1.29, 1.82) is 0 Å². The van der Waals surface area contributed by atoms with Gasteiger partial charge in [-0.3, -0.25) is 4.79 Å². The second kappa shape index (κ2) is 5.80. The van der Waals surface area contributed by atoms with E-state index < -0.39 is 0 Å². The molecule has 2 nitrogen and oxygen atoms in total. The predicted octanol–water partition coefficient (Wildman–Crippen LogP) is 4.51. The van der Waals surface area contributed by atoms with Crippen LogP contribution in [0.25, 0.3) is 0 Å². The maximum absolute atomic E-state index is 12.2. The summed E-state index contributed by atoms with van der Waals surface area (Å²) in [6.07, 6.45) is 2.71. The normalized spacial score (nSPS) is 16.8. The van der Waals surface area contributed by atoms with Gasteiger partial charge >= 0.3 is 0 Å². The molecule has 0 bridgehead atoms. The van der Waals surface area contributed by atoms with Gasteiger partial charge in [-0.1, -0.05) is 36.4 Å². The number of carbonyl (C=O) groups is 1. The molecule has 1 amide bonds. The summed E-state index contributed by atoms with van der Waals surface area (Å²) in [6, 6.07) is 16.1. The number of para-hydroxylation sites is 1. The third kappa shape index (κ3) is 2.78. The number of hydrogen-bond acceptors (Lipinski definition) is 1. The lowest BCUT2D eigenvalue weighted by Crippen LogP contribution is -2.14. The van der Waals surface area contributed by atoms with E-state index in [0.717, 1.165) is 23.0 Å². The highest BCUT2D eigenvalue weighted by Gasteiger charge is 2.24. The van der Waals surface area contributed by atoms with Gasteiger partial charge in [0.15, 0.2) is 0 Å². The Bertz CT molecular complexity index is 638. The lowest BCUT2D eigenvalue weighted by molar-refractivity contribution is -0.116. The Morgan fingerprint density at radius 1 is 1.15 bits per heavy atom. The van der Waals surface area contributed by atoms with Crippen LogP contribution in [0.4, 0.5) is 5.69 Å². The molecule has 0 saturated carbocycles. The van der Waals surface area contributed by atoms with Gasteiger partial charge in [-0.2, -0.15) is 0 Å². The van der Waals surface area contributed by atoms with E-state index >= 15 is 0 Å². The number of aryl methyl sites for hydroxylation is 1. The van der Waals surface area contributed by atoms with Gasteiger partial charge in [0.25, 0.3) is 0 Å². The van der Waals surface area contributed by atoms with Crippen LogP contribution in [0.15, 0.2) is 53.0 Å². The SMILES string of the molecule is O=C(CC1CCc2ccccc21)Nc1ccccc1Br. The summed E-state index contributed by atoms with van der Waals surface area (Å²) in [4.78, 5) is 12.2. The summed E-state index contributed by atoms with van der Waals surface area (Å²) in [6.45, 7) is 0. The molecule has 20 heavy (non-hydrogen) atoms. The largest absolute Gasteiger partial charge is 0.325 e. The molecule has 1 unspecified atom stereocenters. The monoisotopic (exact) mass is 329 g/mol. The highest BCUT2D eigenvalue weighted by molar-refractivity contribution is 9.10. The Morgan fingerprint density at radius 3 is 2.75 bits per heavy atom. The van der Waals surface area contributed by atoms with Crippen molar-refractivity contribution in [3.05, 3.63) is 64.1 Å². The number of hydrogen-bond donors (Lipinski definition) is 1. The average Bonchev–Trinajstić information content (AvgIpc) is 2.85. The van der Waals surface area contributed by atoms with Crippen LogP contribution in [0.3, 0.4) is 0 Å². The topological polar surface area (TPSA) is 29.1 Å². The first-order valence-corrected chi connectivity index (χ1v) is 7.65. The van der Waals surface area contributed by atoms with Crippen molar-refractivity contribution in [3.8, 4) is 0 Å². The second-order valence-corrected chi connectivity index (χ2v) is 6.02. The Kier molecular flexibility index (Phi) is 3.88. The molecule has 0 saturated heterocycles. The van der Waals surface area contributed by atoms with Crippen LogP contribution in [0.2, 0.25) is 0 Å². The molecule has 2 aromatic carbocycles. The van der Waals surface area contributed by atoms with Gasteiger partial charge in [-0.25, -0.2) is 0 Å². The van der Waals surface area contributed by atoms with Crippen molar-refractivity contribution in [2.45, 2.75) is 25.2 Å². The molecule has 1 atom stereocenters. The van der Waals surface area contributed by atoms with E-state index in [0.29, 0.717) is 12.3 Å². The van der Waals surface area contributed by atoms with E-state index in [2.05, 4.69) is 45.5 Å². The van der Waals surface area contributed by atoms with Crippen molar-refractivity contribution in [2.24, 2.45) is 0 Å². The molecule has 0 aliphatic heterocycles. The zero-order valence-electron chi connectivity index (χ0n) is 11.1. The summed E-state index contributed by atoms with van der Waals surface area (Å²) >= 11 is 3.45. The van der Waals surface area contributed by atoms with Gasteiger partial charge in [-0.15, -0.1) is 0 Å². The van der Waals surface area contributed by atoms with E-state index in [4.69, 9.17) is 0 Å². The molecule has 0 radical (unpaired) electrons. The minimum absolute atomic E-state index is 0.0820. The third-order valence-corrected chi connectivity index (χ3v) is 4.53. The number of rotatable bonds is 3. The molecule has 102 valence electrons. The van der Waals surface area contributed by atoms with Crippen molar-refractivity contribution in [1.82, 2.24) is 0 Å². The molecular weight excluding hydrogens is 314 g/mol. The second-order valence-electron chi connectivity index (χ2n) is 5.17. The maximum Gasteiger partial charge on any atom is 0.225 e. The number of nitrogens with one attached hydrogen (secondary N) is 1. The van der Waals surface area contributed by atoms with E-state index in [9.17, 15) is 4.79 Å². The van der Waals surface area contributed by atoms with Crippen LogP contribution < -0.4 is 5.32 Å². The third-order valence-electron chi connectivity index (χ3n) is 3.84. The minimum Gasteiger partial charge on any atom is -0.325 e. The minimum atomic E-state index is 0.0820. The van der Waals surface area contributed by atoms with Crippen LogP contribution in [0, 0.1) is 0 Å². The van der Waals surface area contributed by atoms with Gasteiger partial charge < -0.3 is 5.32 Å². The number of halogens is 1. The molecule has 3 rings (SSSR count). The molecule has 0 heterocycles. The Morgan fingerprint density at radius 2 is 1.90 bits per heavy atom. The van der Waals surface area contributed by atoms with Gasteiger partial charge in [0.1, 0.15) is 0 Å².